The average molecular weight is 242 g/mol. The summed E-state index contributed by atoms with van der Waals surface area (Å²) in [7, 11) is 0. The van der Waals surface area contributed by atoms with Gasteiger partial charge in [0.2, 0.25) is 0 Å². The van der Waals surface area contributed by atoms with Crippen molar-refractivity contribution in [3.8, 4) is 16.1 Å². The Balaban J connectivity index is 2.05. The van der Waals surface area contributed by atoms with Gasteiger partial charge in [0.1, 0.15) is 0 Å². The molecular weight excluding hydrogens is 232 g/mol. The Bertz CT molecular complexity index is 628. The van der Waals surface area contributed by atoms with E-state index in [4.69, 9.17) is 5.73 Å². The number of nitrogens with two attached hydrogens (primary N) is 1. The zero-order chi connectivity index (χ0) is 11.7. The zero-order valence-corrected chi connectivity index (χ0v) is 9.76. The molecule has 3 rings (SSSR count). The molecule has 0 saturated carbocycles. The summed E-state index contributed by atoms with van der Waals surface area (Å²) in [6.07, 6.45) is 7.25. The van der Waals surface area contributed by atoms with Crippen molar-refractivity contribution >= 4 is 16.5 Å². The number of rotatable bonds is 2. The number of hydrogen-bond acceptors (Lipinski definition) is 4. The molecule has 3 aromatic rings. The minimum Gasteiger partial charge on any atom is -0.375 e. The fourth-order valence-electron chi connectivity index (χ4n) is 1.65. The van der Waals surface area contributed by atoms with Crippen LogP contribution >= 0.6 is 11.3 Å². The van der Waals surface area contributed by atoms with Gasteiger partial charge in [-0.2, -0.15) is 0 Å². The van der Waals surface area contributed by atoms with Crippen molar-refractivity contribution in [2.45, 2.75) is 0 Å². The molecule has 2 heterocycles. The lowest BCUT2D eigenvalue weighted by Gasteiger charge is -2.03. The summed E-state index contributed by atoms with van der Waals surface area (Å²) in [4.78, 5) is 9.17. The third-order valence-corrected chi connectivity index (χ3v) is 3.33. The molecule has 0 aliphatic rings. The fourth-order valence-corrected chi connectivity index (χ4v) is 2.33. The number of benzene rings is 1. The van der Waals surface area contributed by atoms with E-state index >= 15 is 0 Å². The van der Waals surface area contributed by atoms with Gasteiger partial charge >= 0.3 is 0 Å². The highest BCUT2D eigenvalue weighted by Gasteiger charge is 2.03. The summed E-state index contributed by atoms with van der Waals surface area (Å²) in [6.45, 7) is 0. The molecule has 2 N–H and O–H groups in total. The lowest BCUT2D eigenvalue weighted by atomic mass is 10.2. The van der Waals surface area contributed by atoms with Crippen molar-refractivity contribution in [2.75, 3.05) is 5.73 Å². The molecule has 4 nitrogen and oxygen atoms in total. The summed E-state index contributed by atoms with van der Waals surface area (Å²) in [5.74, 6) is 0. The van der Waals surface area contributed by atoms with Crippen LogP contribution in [0.4, 0.5) is 5.13 Å². The van der Waals surface area contributed by atoms with Gasteiger partial charge in [-0.1, -0.05) is 23.5 Å². The van der Waals surface area contributed by atoms with E-state index in [0.717, 1.165) is 16.1 Å². The Kier molecular flexibility index (Phi) is 2.38. The zero-order valence-electron chi connectivity index (χ0n) is 8.95. The first-order valence-electron chi connectivity index (χ1n) is 5.13. The van der Waals surface area contributed by atoms with Crippen molar-refractivity contribution in [1.82, 2.24) is 14.5 Å². The molecule has 0 radical (unpaired) electrons. The van der Waals surface area contributed by atoms with Crippen LogP contribution in [0, 0.1) is 0 Å². The molecular formula is C12H10N4S. The van der Waals surface area contributed by atoms with Crippen LogP contribution in [0.15, 0.2) is 49.2 Å². The van der Waals surface area contributed by atoms with Gasteiger partial charge in [-0.05, 0) is 17.7 Å². The van der Waals surface area contributed by atoms with E-state index in [1.807, 2.05) is 29.0 Å². The molecule has 5 heteroatoms. The Morgan fingerprint density at radius 2 is 2.24 bits per heavy atom. The lowest BCUT2D eigenvalue weighted by molar-refractivity contribution is 1.06. The van der Waals surface area contributed by atoms with Crippen LogP contribution in [0.1, 0.15) is 0 Å². The average Bonchev–Trinajstić information content (AvgIpc) is 3.00. The van der Waals surface area contributed by atoms with E-state index in [1.165, 1.54) is 11.3 Å². The van der Waals surface area contributed by atoms with Crippen molar-refractivity contribution in [1.29, 1.82) is 0 Å². The van der Waals surface area contributed by atoms with E-state index < -0.39 is 0 Å². The highest BCUT2D eigenvalue weighted by Crippen LogP contribution is 2.28. The predicted molar refractivity (Wildman–Crippen MR) is 69.1 cm³/mol. The Morgan fingerprint density at radius 3 is 2.94 bits per heavy atom. The predicted octanol–water partition coefficient (Wildman–Crippen LogP) is 2.58. The monoisotopic (exact) mass is 242 g/mol. The maximum Gasteiger partial charge on any atom is 0.180 e. The molecule has 1 aromatic carbocycles. The number of thiazole rings is 1. The van der Waals surface area contributed by atoms with Gasteiger partial charge in [0, 0.05) is 24.3 Å². The molecule has 0 amide bonds. The van der Waals surface area contributed by atoms with Crippen LogP contribution < -0.4 is 5.73 Å². The van der Waals surface area contributed by atoms with Crippen molar-refractivity contribution in [2.24, 2.45) is 0 Å². The summed E-state index contributed by atoms with van der Waals surface area (Å²) in [5, 5.41) is 0.591. The first-order chi connectivity index (χ1) is 8.33. The molecule has 0 saturated heterocycles. The van der Waals surface area contributed by atoms with Gasteiger partial charge in [0.15, 0.2) is 5.13 Å². The van der Waals surface area contributed by atoms with Crippen molar-refractivity contribution in [3.05, 3.63) is 49.2 Å². The Labute approximate surface area is 102 Å². The van der Waals surface area contributed by atoms with Crippen LogP contribution in [0.2, 0.25) is 0 Å². The third-order valence-electron chi connectivity index (χ3n) is 2.46. The van der Waals surface area contributed by atoms with Gasteiger partial charge in [-0.3, -0.25) is 0 Å². The number of aromatic nitrogens is 3. The molecule has 0 atom stereocenters. The topological polar surface area (TPSA) is 56.7 Å². The number of nitrogens with zero attached hydrogens (tertiary/aromatic N) is 3. The maximum atomic E-state index is 5.64. The number of anilines is 1. The molecule has 0 fully saturated rings. The van der Waals surface area contributed by atoms with Crippen LogP contribution in [-0.2, 0) is 0 Å². The third kappa shape index (κ3) is 1.92. The van der Waals surface area contributed by atoms with Gasteiger partial charge in [0.05, 0.1) is 11.2 Å². The van der Waals surface area contributed by atoms with Crippen LogP contribution in [0.25, 0.3) is 16.1 Å². The molecule has 84 valence electrons. The quantitative estimate of drug-likeness (QED) is 0.751. The summed E-state index contributed by atoms with van der Waals surface area (Å²) in [6, 6.07) is 8.19. The highest BCUT2D eigenvalue weighted by atomic mass is 32.1. The lowest BCUT2D eigenvalue weighted by Crippen LogP contribution is -1.89. The number of hydrogen-bond donors (Lipinski definition) is 1. The van der Waals surface area contributed by atoms with Gasteiger partial charge < -0.3 is 10.3 Å². The van der Waals surface area contributed by atoms with Gasteiger partial charge in [-0.25, -0.2) is 9.97 Å². The van der Waals surface area contributed by atoms with E-state index in [9.17, 15) is 0 Å². The second-order valence-electron chi connectivity index (χ2n) is 3.58. The standard InChI is InChI=1S/C12H10N4S/c13-12-15-7-11(17-12)9-2-1-3-10(6-9)16-5-4-14-8-16/h1-8H,(H2,13,15). The smallest absolute Gasteiger partial charge is 0.180 e. The summed E-state index contributed by atoms with van der Waals surface area (Å²) in [5.41, 5.74) is 7.83. The van der Waals surface area contributed by atoms with Gasteiger partial charge in [-0.15, -0.1) is 0 Å². The first-order valence-corrected chi connectivity index (χ1v) is 5.95. The SMILES string of the molecule is Nc1ncc(-c2cccc(-n3ccnc3)c2)s1. The molecule has 0 aliphatic carbocycles. The number of nitrogen functional groups attached to an aromatic ring is 1. The van der Waals surface area contributed by atoms with Crippen LogP contribution in [0.3, 0.4) is 0 Å². The Morgan fingerprint density at radius 1 is 1.29 bits per heavy atom. The second-order valence-corrected chi connectivity index (χ2v) is 4.65. The Hall–Kier alpha value is -2.14. The minimum absolute atomic E-state index is 0.591. The molecule has 17 heavy (non-hydrogen) atoms. The largest absolute Gasteiger partial charge is 0.375 e. The minimum atomic E-state index is 0.591. The first kappa shape index (κ1) is 10.0. The number of imidazole rings is 1. The highest BCUT2D eigenvalue weighted by molar-refractivity contribution is 7.18. The molecule has 0 aliphatic heterocycles. The normalized spacial score (nSPS) is 10.6. The van der Waals surface area contributed by atoms with Crippen LogP contribution in [0.5, 0.6) is 0 Å². The molecule has 2 aromatic heterocycles. The van der Waals surface area contributed by atoms with E-state index in [2.05, 4.69) is 16.0 Å². The maximum absolute atomic E-state index is 5.64. The van der Waals surface area contributed by atoms with Crippen molar-refractivity contribution < 1.29 is 0 Å². The van der Waals surface area contributed by atoms with E-state index in [1.54, 1.807) is 18.7 Å². The fraction of sp³-hybridized carbons (Fsp3) is 0. The molecule has 0 bridgehead atoms. The van der Waals surface area contributed by atoms with E-state index in [0.29, 0.717) is 5.13 Å². The summed E-state index contributed by atoms with van der Waals surface area (Å²) < 4.78 is 1.97. The molecule has 0 unspecified atom stereocenters. The molecule has 0 spiro atoms. The van der Waals surface area contributed by atoms with Crippen molar-refractivity contribution in [3.63, 3.8) is 0 Å². The van der Waals surface area contributed by atoms with Crippen LogP contribution in [-0.4, -0.2) is 14.5 Å². The second kappa shape index (κ2) is 4.03. The van der Waals surface area contributed by atoms with E-state index in [-0.39, 0.29) is 0 Å². The van der Waals surface area contributed by atoms with Gasteiger partial charge in [0.25, 0.3) is 0 Å². The summed E-state index contributed by atoms with van der Waals surface area (Å²) >= 11 is 1.49.